The number of alkyl halides is 3. The fraction of sp³-hybridized carbons (Fsp3) is 0.176. The first-order valence-corrected chi connectivity index (χ1v) is 8.91. The summed E-state index contributed by atoms with van der Waals surface area (Å²) in [4.78, 5) is 25.5. The van der Waals surface area contributed by atoms with Crippen LogP contribution in [0.25, 0.3) is 0 Å². The van der Waals surface area contributed by atoms with E-state index < -0.39 is 10.4 Å². The molecule has 2 heterocycles. The second-order valence-electron chi connectivity index (χ2n) is 5.70. The highest BCUT2D eigenvalue weighted by Gasteiger charge is 2.58. The summed E-state index contributed by atoms with van der Waals surface area (Å²) in [5.41, 5.74) is -2.09. The molecule has 0 aliphatic carbocycles. The first kappa shape index (κ1) is 17.1. The molecule has 2 aliphatic heterocycles. The van der Waals surface area contributed by atoms with Gasteiger partial charge in [0, 0.05) is 28.5 Å². The summed E-state index contributed by atoms with van der Waals surface area (Å²) in [5.74, 6) is -0.599. The highest BCUT2D eigenvalue weighted by Crippen LogP contribution is 2.53. The van der Waals surface area contributed by atoms with Crippen LogP contribution in [0.4, 0.5) is 20.2 Å². The van der Waals surface area contributed by atoms with Gasteiger partial charge in [0.1, 0.15) is 5.75 Å². The highest BCUT2D eigenvalue weighted by atomic mass is 35.5. The average molecular weight is 397 g/mol. The van der Waals surface area contributed by atoms with Crippen molar-refractivity contribution in [1.29, 1.82) is 0 Å². The van der Waals surface area contributed by atoms with Crippen LogP contribution >= 0.6 is 23.4 Å². The zero-order chi connectivity index (χ0) is 18.5. The molecule has 1 unspecified atom stereocenters. The first-order valence-electron chi connectivity index (χ1n) is 7.55. The zero-order valence-corrected chi connectivity index (χ0v) is 14.6. The Morgan fingerprint density at radius 3 is 2.54 bits per heavy atom. The topological polar surface area (TPSA) is 58.6 Å². The molecule has 0 radical (unpaired) electrons. The monoisotopic (exact) mass is 396 g/mol. The normalized spacial score (nSPS) is 21.9. The van der Waals surface area contributed by atoms with E-state index in [0.29, 0.717) is 16.9 Å². The van der Waals surface area contributed by atoms with E-state index in [9.17, 15) is 18.4 Å². The van der Waals surface area contributed by atoms with Gasteiger partial charge in [0.15, 0.2) is 0 Å². The minimum atomic E-state index is -3.83. The van der Waals surface area contributed by atoms with Gasteiger partial charge in [-0.1, -0.05) is 18.2 Å². The second-order valence-corrected chi connectivity index (χ2v) is 7.31. The predicted octanol–water partition coefficient (Wildman–Crippen LogP) is 3.74. The molecular formula is C17H11ClF2N2O3S. The Kier molecular flexibility index (Phi) is 3.85. The molecule has 2 aliphatic rings. The summed E-state index contributed by atoms with van der Waals surface area (Å²) in [6.07, 6.45) is 0. The number of rotatable bonds is 3. The van der Waals surface area contributed by atoms with Crippen LogP contribution in [0, 0.1) is 0 Å². The SMILES string of the molecule is O=C1CSC2(C(=O)Nc3ccccc32)N1c1ccc(OC(F)(F)Cl)cc1. The van der Waals surface area contributed by atoms with Crippen molar-refractivity contribution in [3.05, 3.63) is 54.1 Å². The lowest BCUT2D eigenvalue weighted by molar-refractivity contribution is -0.122. The van der Waals surface area contributed by atoms with Crippen molar-refractivity contribution in [1.82, 2.24) is 0 Å². The highest BCUT2D eigenvalue weighted by molar-refractivity contribution is 8.02. The van der Waals surface area contributed by atoms with E-state index in [1.54, 1.807) is 24.3 Å². The molecule has 1 N–H and O–H groups in total. The Hall–Kier alpha value is -2.32. The maximum atomic E-state index is 12.8. The molecule has 26 heavy (non-hydrogen) atoms. The number of anilines is 2. The number of halogens is 3. The van der Waals surface area contributed by atoms with Crippen LogP contribution in [-0.2, 0) is 14.5 Å². The minimum Gasteiger partial charge on any atom is -0.420 e. The van der Waals surface area contributed by atoms with Crippen molar-refractivity contribution >= 4 is 46.6 Å². The van der Waals surface area contributed by atoms with E-state index in [0.717, 1.165) is 0 Å². The van der Waals surface area contributed by atoms with Gasteiger partial charge in [-0.15, -0.1) is 20.5 Å². The molecule has 2 aromatic rings. The minimum absolute atomic E-state index is 0.125. The van der Waals surface area contributed by atoms with Gasteiger partial charge in [-0.05, 0) is 30.3 Å². The number of hydrogen-bond acceptors (Lipinski definition) is 4. The molecule has 1 atom stereocenters. The molecule has 2 amide bonds. The van der Waals surface area contributed by atoms with Gasteiger partial charge in [0.2, 0.25) is 10.8 Å². The second kappa shape index (κ2) is 5.85. The van der Waals surface area contributed by atoms with Crippen LogP contribution in [0.3, 0.4) is 0 Å². The van der Waals surface area contributed by atoms with E-state index in [1.807, 2.05) is 0 Å². The number of amides is 2. The largest absolute Gasteiger partial charge is 0.487 e. The summed E-state index contributed by atoms with van der Waals surface area (Å²) in [6, 6.07) is 12.6. The molecule has 0 bridgehead atoms. The third-order valence-electron chi connectivity index (χ3n) is 4.15. The predicted molar refractivity (Wildman–Crippen MR) is 94.6 cm³/mol. The van der Waals surface area contributed by atoms with Gasteiger partial charge in [-0.2, -0.15) is 0 Å². The van der Waals surface area contributed by atoms with E-state index in [2.05, 4.69) is 10.1 Å². The van der Waals surface area contributed by atoms with Gasteiger partial charge in [0.05, 0.1) is 5.75 Å². The molecule has 5 nitrogen and oxygen atoms in total. The van der Waals surface area contributed by atoms with Crippen molar-refractivity contribution in [3.63, 3.8) is 0 Å². The summed E-state index contributed by atoms with van der Waals surface area (Å²) < 4.78 is 29.8. The lowest BCUT2D eigenvalue weighted by Crippen LogP contribution is -2.47. The summed E-state index contributed by atoms with van der Waals surface area (Å²) in [6.45, 7) is 0. The van der Waals surface area contributed by atoms with Crippen LogP contribution in [0.5, 0.6) is 5.75 Å². The van der Waals surface area contributed by atoms with E-state index in [-0.39, 0.29) is 23.3 Å². The maximum absolute atomic E-state index is 12.8. The number of benzene rings is 2. The average Bonchev–Trinajstić information content (AvgIpc) is 3.06. The Labute approximate surface area is 156 Å². The summed E-state index contributed by atoms with van der Waals surface area (Å²) >= 11 is 5.98. The molecule has 0 aromatic heterocycles. The Balaban J connectivity index is 1.76. The van der Waals surface area contributed by atoms with E-state index in [4.69, 9.17) is 11.6 Å². The van der Waals surface area contributed by atoms with E-state index in [1.165, 1.54) is 40.9 Å². The Morgan fingerprint density at radius 2 is 1.85 bits per heavy atom. The molecular weight excluding hydrogens is 386 g/mol. The van der Waals surface area contributed by atoms with Crippen LogP contribution < -0.4 is 15.0 Å². The Bertz CT molecular complexity index is 904. The molecule has 2 aromatic carbocycles. The smallest absolute Gasteiger partial charge is 0.420 e. The van der Waals surface area contributed by atoms with Crippen LogP contribution in [0.2, 0.25) is 0 Å². The molecule has 134 valence electrons. The van der Waals surface area contributed by atoms with Gasteiger partial charge in [-0.25, -0.2) is 0 Å². The Morgan fingerprint density at radius 1 is 1.15 bits per heavy atom. The molecule has 1 fully saturated rings. The van der Waals surface area contributed by atoms with Crippen molar-refractivity contribution in [2.24, 2.45) is 0 Å². The van der Waals surface area contributed by atoms with Crippen molar-refractivity contribution in [2.45, 2.75) is 10.4 Å². The zero-order valence-electron chi connectivity index (χ0n) is 13.0. The molecule has 1 spiro atoms. The van der Waals surface area contributed by atoms with Crippen LogP contribution in [0.15, 0.2) is 48.5 Å². The number of para-hydroxylation sites is 1. The van der Waals surface area contributed by atoms with E-state index >= 15 is 0 Å². The lowest BCUT2D eigenvalue weighted by atomic mass is 10.0. The number of carbonyl (C=O) groups excluding carboxylic acids is 2. The fourth-order valence-electron chi connectivity index (χ4n) is 3.18. The molecule has 4 rings (SSSR count). The number of fused-ring (bicyclic) bond motifs is 2. The first-order chi connectivity index (χ1) is 12.3. The van der Waals surface area contributed by atoms with Crippen molar-refractivity contribution in [3.8, 4) is 5.75 Å². The van der Waals surface area contributed by atoms with Gasteiger partial charge in [0.25, 0.3) is 5.91 Å². The summed E-state index contributed by atoms with van der Waals surface area (Å²) in [7, 11) is 0. The lowest BCUT2D eigenvalue weighted by Gasteiger charge is -2.32. The maximum Gasteiger partial charge on any atom is 0.487 e. The van der Waals surface area contributed by atoms with Crippen LogP contribution in [-0.4, -0.2) is 23.1 Å². The number of thioether (sulfide) groups is 1. The molecule has 9 heteroatoms. The van der Waals surface area contributed by atoms with Gasteiger partial charge in [-0.3, -0.25) is 14.5 Å². The quantitative estimate of drug-likeness (QED) is 0.803. The number of hydrogen-bond donors (Lipinski definition) is 1. The fourth-order valence-corrected chi connectivity index (χ4v) is 4.58. The number of nitrogens with zero attached hydrogens (tertiary/aromatic N) is 1. The van der Waals surface area contributed by atoms with Crippen molar-refractivity contribution < 1.29 is 23.1 Å². The third-order valence-corrected chi connectivity index (χ3v) is 5.62. The number of carbonyl (C=O) groups is 2. The third kappa shape index (κ3) is 2.60. The standard InChI is InChI=1S/C17H11ClF2N2O3S/c18-17(19,20)25-11-7-5-10(6-8-11)22-14(23)9-26-16(22)12-3-1-2-4-13(12)21-15(16)24/h1-8H,9H2,(H,21,24). The molecule has 1 saturated heterocycles. The molecule has 0 saturated carbocycles. The number of nitrogens with one attached hydrogen (secondary N) is 1. The van der Waals surface area contributed by atoms with Gasteiger partial charge < -0.3 is 10.1 Å². The summed E-state index contributed by atoms with van der Waals surface area (Å²) in [5, 5.41) is 2.80. The van der Waals surface area contributed by atoms with Crippen LogP contribution in [0.1, 0.15) is 5.56 Å². The van der Waals surface area contributed by atoms with Crippen molar-refractivity contribution in [2.75, 3.05) is 16.0 Å². The number of ether oxygens (including phenoxy) is 1. The van der Waals surface area contributed by atoms with Gasteiger partial charge >= 0.3 is 5.57 Å².